The van der Waals surface area contributed by atoms with Crippen molar-refractivity contribution in [1.82, 2.24) is 19.9 Å². The van der Waals surface area contributed by atoms with Gasteiger partial charge in [-0.15, -0.1) is 0 Å². The normalized spacial score (nSPS) is 22.7. The van der Waals surface area contributed by atoms with E-state index >= 15 is 0 Å². The minimum Gasteiger partial charge on any atom is -0.338 e. The van der Waals surface area contributed by atoms with Crippen LogP contribution in [0, 0.1) is 6.92 Å². The van der Waals surface area contributed by atoms with Gasteiger partial charge in [-0.25, -0.2) is 0 Å². The van der Waals surface area contributed by atoms with Crippen molar-refractivity contribution in [2.24, 2.45) is 0 Å². The van der Waals surface area contributed by atoms with E-state index in [1.165, 1.54) is 18.4 Å². The molecule has 2 aromatic rings. The first-order valence-corrected chi connectivity index (χ1v) is 8.33. The molecule has 124 valence electrons. The molecule has 0 aliphatic carbocycles. The molecular formula is C18H26N4O. The number of nitrogens with zero attached hydrogens (tertiary/aromatic N) is 4. The molecule has 0 amide bonds. The van der Waals surface area contributed by atoms with Crippen LogP contribution >= 0.6 is 0 Å². The zero-order valence-electron chi connectivity index (χ0n) is 14.5. The third-order valence-corrected chi connectivity index (χ3v) is 4.97. The molecule has 5 heteroatoms. The minimum atomic E-state index is 0.580. The van der Waals surface area contributed by atoms with Gasteiger partial charge in [-0.05, 0) is 47.3 Å². The fourth-order valence-electron chi connectivity index (χ4n) is 3.15. The molecule has 1 saturated heterocycles. The van der Waals surface area contributed by atoms with E-state index in [1.807, 2.05) is 12.1 Å². The van der Waals surface area contributed by atoms with Gasteiger partial charge in [-0.2, -0.15) is 4.98 Å². The van der Waals surface area contributed by atoms with Crippen molar-refractivity contribution in [2.75, 3.05) is 20.6 Å². The number of piperidine rings is 1. The van der Waals surface area contributed by atoms with Crippen molar-refractivity contribution < 1.29 is 4.52 Å². The number of hydrogen-bond donors (Lipinski definition) is 0. The van der Waals surface area contributed by atoms with Crippen molar-refractivity contribution >= 4 is 0 Å². The van der Waals surface area contributed by atoms with E-state index in [0.717, 1.165) is 12.1 Å². The molecule has 2 heterocycles. The third-order valence-electron chi connectivity index (χ3n) is 4.97. The van der Waals surface area contributed by atoms with Gasteiger partial charge in [0.15, 0.2) is 0 Å². The van der Waals surface area contributed by atoms with Gasteiger partial charge in [0.25, 0.3) is 0 Å². The Labute approximate surface area is 138 Å². The highest BCUT2D eigenvalue weighted by Crippen LogP contribution is 2.22. The molecule has 1 aliphatic heterocycles. The van der Waals surface area contributed by atoms with E-state index in [4.69, 9.17) is 4.52 Å². The third kappa shape index (κ3) is 3.79. The number of aromatic nitrogens is 2. The van der Waals surface area contributed by atoms with Crippen LogP contribution in [-0.4, -0.2) is 52.7 Å². The van der Waals surface area contributed by atoms with E-state index in [-0.39, 0.29) is 0 Å². The summed E-state index contributed by atoms with van der Waals surface area (Å²) in [5.41, 5.74) is 2.23. The van der Waals surface area contributed by atoms with Crippen LogP contribution in [0.5, 0.6) is 0 Å². The zero-order chi connectivity index (χ0) is 16.4. The molecule has 2 atom stereocenters. The fourth-order valence-corrected chi connectivity index (χ4v) is 3.15. The number of aryl methyl sites for hydroxylation is 1. The molecule has 0 bridgehead atoms. The van der Waals surface area contributed by atoms with Gasteiger partial charge in [-0.3, -0.25) is 4.90 Å². The Hall–Kier alpha value is -1.72. The average molecular weight is 314 g/mol. The maximum atomic E-state index is 5.45. The van der Waals surface area contributed by atoms with Gasteiger partial charge < -0.3 is 9.42 Å². The first-order chi connectivity index (χ1) is 11.0. The molecule has 0 saturated carbocycles. The highest BCUT2D eigenvalue weighted by Gasteiger charge is 2.26. The number of hydrogen-bond acceptors (Lipinski definition) is 5. The first kappa shape index (κ1) is 16.1. The van der Waals surface area contributed by atoms with Crippen molar-refractivity contribution in [1.29, 1.82) is 0 Å². The lowest BCUT2D eigenvalue weighted by Gasteiger charge is -2.38. The zero-order valence-corrected chi connectivity index (χ0v) is 14.5. The Morgan fingerprint density at radius 2 is 2.04 bits per heavy atom. The van der Waals surface area contributed by atoms with Crippen molar-refractivity contribution in [3.8, 4) is 11.4 Å². The van der Waals surface area contributed by atoms with E-state index in [9.17, 15) is 0 Å². The lowest BCUT2D eigenvalue weighted by atomic mass is 9.98. The van der Waals surface area contributed by atoms with Crippen molar-refractivity contribution in [3.63, 3.8) is 0 Å². The van der Waals surface area contributed by atoms with Crippen LogP contribution in [0.2, 0.25) is 0 Å². The van der Waals surface area contributed by atoms with E-state index in [2.05, 4.69) is 60.0 Å². The predicted molar refractivity (Wildman–Crippen MR) is 91.1 cm³/mol. The van der Waals surface area contributed by atoms with Gasteiger partial charge in [-0.1, -0.05) is 35.0 Å². The Bertz CT molecular complexity index is 637. The summed E-state index contributed by atoms with van der Waals surface area (Å²) in [6.45, 7) is 6.22. The largest absolute Gasteiger partial charge is 0.338 e. The first-order valence-electron chi connectivity index (χ1n) is 8.33. The molecule has 1 aromatic carbocycles. The summed E-state index contributed by atoms with van der Waals surface area (Å²) in [6, 6.07) is 9.41. The lowest BCUT2D eigenvalue weighted by Crippen LogP contribution is -2.46. The smallest absolute Gasteiger partial charge is 0.241 e. The quantitative estimate of drug-likeness (QED) is 0.868. The Morgan fingerprint density at radius 3 is 2.74 bits per heavy atom. The summed E-state index contributed by atoms with van der Waals surface area (Å²) in [6.07, 6.45) is 2.38. The lowest BCUT2D eigenvalue weighted by molar-refractivity contribution is 0.0938. The topological polar surface area (TPSA) is 45.4 Å². The molecule has 1 aromatic heterocycles. The summed E-state index contributed by atoms with van der Waals surface area (Å²) in [4.78, 5) is 9.32. The average Bonchev–Trinajstić information content (AvgIpc) is 2.99. The molecule has 0 radical (unpaired) electrons. The molecule has 0 spiro atoms. The highest BCUT2D eigenvalue weighted by atomic mass is 16.5. The fraction of sp³-hybridized carbons (Fsp3) is 0.556. The standard InChI is InChI=1S/C18H26N4O/c1-13-5-7-15(8-6-13)18-19-17(23-20-18)12-22(4)16-9-10-21(3)14(2)11-16/h5-8,14,16H,9-12H2,1-4H3/t14-,16-/m0/s1. The number of likely N-dealkylation sites (tertiary alicyclic amines) is 1. The van der Waals surface area contributed by atoms with Crippen LogP contribution < -0.4 is 0 Å². The Kier molecular flexibility index (Phi) is 4.78. The minimum absolute atomic E-state index is 0.580. The summed E-state index contributed by atoms with van der Waals surface area (Å²) in [5.74, 6) is 1.36. The molecule has 1 aliphatic rings. The summed E-state index contributed by atoms with van der Waals surface area (Å²) in [5, 5.41) is 4.12. The molecule has 1 fully saturated rings. The number of benzene rings is 1. The van der Waals surface area contributed by atoms with Crippen LogP contribution in [0.15, 0.2) is 28.8 Å². The van der Waals surface area contributed by atoms with E-state index in [0.29, 0.717) is 30.3 Å². The maximum absolute atomic E-state index is 5.45. The van der Waals surface area contributed by atoms with Crippen LogP contribution in [0.3, 0.4) is 0 Å². The van der Waals surface area contributed by atoms with Gasteiger partial charge in [0.05, 0.1) is 6.54 Å². The molecule has 0 unspecified atom stereocenters. The van der Waals surface area contributed by atoms with Gasteiger partial charge >= 0.3 is 0 Å². The van der Waals surface area contributed by atoms with Crippen LogP contribution in [0.1, 0.15) is 31.2 Å². The summed E-state index contributed by atoms with van der Waals surface area (Å²) in [7, 11) is 4.35. The van der Waals surface area contributed by atoms with Crippen molar-refractivity contribution in [2.45, 2.75) is 45.3 Å². The van der Waals surface area contributed by atoms with E-state index in [1.54, 1.807) is 0 Å². The van der Waals surface area contributed by atoms with Crippen LogP contribution in [0.25, 0.3) is 11.4 Å². The summed E-state index contributed by atoms with van der Waals surface area (Å²) < 4.78 is 5.45. The number of rotatable bonds is 4. The van der Waals surface area contributed by atoms with Crippen molar-refractivity contribution in [3.05, 3.63) is 35.7 Å². The molecule has 5 nitrogen and oxygen atoms in total. The second kappa shape index (κ2) is 6.81. The van der Waals surface area contributed by atoms with Gasteiger partial charge in [0.2, 0.25) is 11.7 Å². The summed E-state index contributed by atoms with van der Waals surface area (Å²) >= 11 is 0. The monoisotopic (exact) mass is 314 g/mol. The molecule has 23 heavy (non-hydrogen) atoms. The second-order valence-electron chi connectivity index (χ2n) is 6.80. The highest BCUT2D eigenvalue weighted by molar-refractivity contribution is 5.54. The maximum Gasteiger partial charge on any atom is 0.241 e. The molecule has 3 rings (SSSR count). The van der Waals surface area contributed by atoms with Crippen LogP contribution in [-0.2, 0) is 6.54 Å². The van der Waals surface area contributed by atoms with Gasteiger partial charge in [0, 0.05) is 17.6 Å². The SMILES string of the molecule is Cc1ccc(-c2noc(CN(C)[C@H]3CCN(C)[C@@H](C)C3)n2)cc1. The second-order valence-corrected chi connectivity index (χ2v) is 6.80. The molecule has 0 N–H and O–H groups in total. The predicted octanol–water partition coefficient (Wildman–Crippen LogP) is 2.96. The Balaban J connectivity index is 1.63. The van der Waals surface area contributed by atoms with Crippen LogP contribution in [0.4, 0.5) is 0 Å². The molecular weight excluding hydrogens is 288 g/mol. The Morgan fingerprint density at radius 1 is 1.30 bits per heavy atom. The van der Waals surface area contributed by atoms with E-state index < -0.39 is 0 Å². The van der Waals surface area contributed by atoms with Gasteiger partial charge in [0.1, 0.15) is 0 Å².